The zero-order valence-corrected chi connectivity index (χ0v) is 23.9. The van der Waals surface area contributed by atoms with E-state index >= 15 is 0 Å². The molecule has 12 N–H and O–H groups in total. The smallest absolute Gasteiger partial charge is 0.326 e. The van der Waals surface area contributed by atoms with Crippen LogP contribution in [0.4, 0.5) is 0 Å². The molecule has 234 valence electrons. The van der Waals surface area contributed by atoms with Gasteiger partial charge in [-0.25, -0.2) is 4.79 Å². The van der Waals surface area contributed by atoms with Crippen molar-refractivity contribution in [2.24, 2.45) is 11.5 Å². The number of benzene rings is 1. The van der Waals surface area contributed by atoms with Gasteiger partial charge in [-0.05, 0) is 43.0 Å². The SMILES string of the molecule is CSCC[C@H](NC(=O)[C@H](CC(N)=O)NC(=O)[C@H](Cc1ccc(O)cc1)NC(=O)[C@@H](NC(=O)[C@@H](N)CO)[C@@H](C)O)C(=O)O. The van der Waals surface area contributed by atoms with E-state index in [9.17, 15) is 44.1 Å². The van der Waals surface area contributed by atoms with Gasteiger partial charge in [0.1, 0.15) is 36.0 Å². The fourth-order valence-electron chi connectivity index (χ4n) is 3.54. The molecular formula is C25H38N6O10S. The van der Waals surface area contributed by atoms with Gasteiger partial charge in [0.05, 0.1) is 19.1 Å². The molecule has 1 aromatic carbocycles. The normalized spacial score (nSPS) is 15.2. The molecule has 0 unspecified atom stereocenters. The molecule has 42 heavy (non-hydrogen) atoms. The molecule has 0 heterocycles. The Bertz CT molecular complexity index is 1100. The molecule has 16 nitrogen and oxygen atoms in total. The van der Waals surface area contributed by atoms with Gasteiger partial charge in [-0.15, -0.1) is 0 Å². The summed E-state index contributed by atoms with van der Waals surface area (Å²) < 4.78 is 0. The highest BCUT2D eigenvalue weighted by Gasteiger charge is 2.34. The van der Waals surface area contributed by atoms with E-state index in [1.807, 2.05) is 0 Å². The van der Waals surface area contributed by atoms with E-state index in [1.54, 1.807) is 6.26 Å². The molecule has 1 rings (SSSR count). The molecule has 5 amide bonds. The van der Waals surface area contributed by atoms with Crippen LogP contribution in [0.5, 0.6) is 5.75 Å². The number of amides is 5. The minimum atomic E-state index is -1.61. The number of aliphatic carboxylic acids is 1. The summed E-state index contributed by atoms with van der Waals surface area (Å²) in [5.41, 5.74) is 11.1. The van der Waals surface area contributed by atoms with Gasteiger partial charge in [-0.2, -0.15) is 11.8 Å². The Labute approximate surface area is 246 Å². The Morgan fingerprint density at radius 1 is 0.881 bits per heavy atom. The minimum absolute atomic E-state index is 0.0609. The first-order chi connectivity index (χ1) is 19.7. The summed E-state index contributed by atoms with van der Waals surface area (Å²) >= 11 is 1.35. The van der Waals surface area contributed by atoms with Gasteiger partial charge >= 0.3 is 5.97 Å². The maximum absolute atomic E-state index is 13.4. The quantitative estimate of drug-likeness (QED) is 0.0764. The molecule has 0 aliphatic carbocycles. The standard InChI is InChI=1S/C25H38N6O10S/c1-12(33)20(31-21(36)15(26)11-32)24(39)30-17(9-13-3-5-14(34)6-4-13)22(37)29-18(10-19(27)35)23(38)28-16(25(40)41)7-8-42-2/h3-6,12,15-18,20,32-34H,7-11,26H2,1-2H3,(H2,27,35)(H,28,38)(H,29,37)(H,30,39)(H,31,36)(H,40,41)/t12-,15+,16+,17+,18+,20+/m1/s1. The van der Waals surface area contributed by atoms with Gasteiger partial charge in [0.25, 0.3) is 0 Å². The van der Waals surface area contributed by atoms with E-state index in [2.05, 4.69) is 21.3 Å². The molecule has 0 saturated carbocycles. The summed E-state index contributed by atoms with van der Waals surface area (Å²) in [7, 11) is 0. The number of carboxylic acids is 1. The van der Waals surface area contributed by atoms with Gasteiger partial charge in [-0.3, -0.25) is 24.0 Å². The third kappa shape index (κ3) is 12.3. The Morgan fingerprint density at radius 2 is 1.43 bits per heavy atom. The van der Waals surface area contributed by atoms with Crippen LogP contribution in [0.2, 0.25) is 0 Å². The molecule has 0 fully saturated rings. The lowest BCUT2D eigenvalue weighted by atomic mass is 10.0. The van der Waals surface area contributed by atoms with Crippen molar-refractivity contribution < 1.29 is 49.2 Å². The maximum atomic E-state index is 13.4. The number of carboxylic acid groups (broad SMARTS) is 1. The van der Waals surface area contributed by atoms with Crippen LogP contribution in [0.15, 0.2) is 24.3 Å². The fraction of sp³-hybridized carbons (Fsp3) is 0.520. The molecule has 0 aliphatic rings. The summed E-state index contributed by atoms with van der Waals surface area (Å²) in [6.45, 7) is 0.447. The third-order valence-corrected chi connectivity index (χ3v) is 6.51. The second-order valence-electron chi connectivity index (χ2n) is 9.36. The van der Waals surface area contributed by atoms with Crippen molar-refractivity contribution in [2.75, 3.05) is 18.6 Å². The monoisotopic (exact) mass is 614 g/mol. The predicted octanol–water partition coefficient (Wildman–Crippen LogP) is -3.71. The molecule has 17 heteroatoms. The van der Waals surface area contributed by atoms with Gasteiger partial charge in [0.2, 0.25) is 29.5 Å². The van der Waals surface area contributed by atoms with Crippen LogP contribution in [0.1, 0.15) is 25.3 Å². The number of phenols is 1. The van der Waals surface area contributed by atoms with Crippen LogP contribution in [-0.4, -0.2) is 111 Å². The number of primary amides is 1. The van der Waals surface area contributed by atoms with Crippen molar-refractivity contribution in [1.29, 1.82) is 0 Å². The minimum Gasteiger partial charge on any atom is -0.508 e. The van der Waals surface area contributed by atoms with Gasteiger partial charge in [-0.1, -0.05) is 12.1 Å². The Kier molecular flexibility index (Phi) is 15.3. The Hall–Kier alpha value is -3.93. The summed E-state index contributed by atoms with van der Waals surface area (Å²) in [5.74, 6) is -5.96. The first kappa shape index (κ1) is 36.1. The molecular weight excluding hydrogens is 576 g/mol. The van der Waals surface area contributed by atoms with Crippen LogP contribution >= 0.6 is 11.8 Å². The van der Waals surface area contributed by atoms with Crippen molar-refractivity contribution >= 4 is 47.3 Å². The third-order valence-electron chi connectivity index (χ3n) is 5.87. The number of rotatable bonds is 18. The van der Waals surface area contributed by atoms with Gasteiger partial charge < -0.3 is 53.2 Å². The average Bonchev–Trinajstić information content (AvgIpc) is 2.92. The lowest BCUT2D eigenvalue weighted by Crippen LogP contribution is -2.61. The van der Waals surface area contributed by atoms with E-state index in [0.717, 1.165) is 0 Å². The Morgan fingerprint density at radius 3 is 1.93 bits per heavy atom. The topological polar surface area (TPSA) is 284 Å². The number of carbonyl (C=O) groups excluding carboxylic acids is 5. The van der Waals surface area contributed by atoms with Crippen molar-refractivity contribution in [2.45, 2.75) is 62.5 Å². The second-order valence-corrected chi connectivity index (χ2v) is 10.3. The number of aromatic hydroxyl groups is 1. The number of aliphatic hydroxyl groups excluding tert-OH is 2. The van der Waals surface area contributed by atoms with Crippen molar-refractivity contribution in [3.8, 4) is 5.75 Å². The second kappa shape index (κ2) is 17.8. The first-order valence-corrected chi connectivity index (χ1v) is 14.1. The first-order valence-electron chi connectivity index (χ1n) is 12.7. The number of phenolic OH excluding ortho intramolecular Hbond substituents is 1. The van der Waals surface area contributed by atoms with E-state index in [0.29, 0.717) is 11.3 Å². The Balaban J connectivity index is 3.27. The van der Waals surface area contributed by atoms with Crippen LogP contribution in [-0.2, 0) is 35.2 Å². The van der Waals surface area contributed by atoms with E-state index in [4.69, 9.17) is 16.6 Å². The summed E-state index contributed by atoms with van der Waals surface area (Å²) in [6, 6.07) is -1.85. The lowest BCUT2D eigenvalue weighted by molar-refractivity contribution is -0.142. The number of hydrogen-bond acceptors (Lipinski definition) is 11. The summed E-state index contributed by atoms with van der Waals surface area (Å²) in [6.07, 6.45) is -0.582. The van der Waals surface area contributed by atoms with Gasteiger partial charge in [0, 0.05) is 6.42 Å². The number of carbonyl (C=O) groups is 6. The highest BCUT2D eigenvalue weighted by Crippen LogP contribution is 2.12. The van der Waals surface area contributed by atoms with Crippen LogP contribution in [0, 0.1) is 0 Å². The maximum Gasteiger partial charge on any atom is 0.326 e. The zero-order chi connectivity index (χ0) is 32.0. The van der Waals surface area contributed by atoms with Crippen molar-refractivity contribution in [3.63, 3.8) is 0 Å². The summed E-state index contributed by atoms with van der Waals surface area (Å²) in [5, 5.41) is 47.3. The van der Waals surface area contributed by atoms with Gasteiger partial charge in [0.15, 0.2) is 0 Å². The predicted molar refractivity (Wildman–Crippen MR) is 151 cm³/mol. The molecule has 1 aromatic rings. The molecule has 0 spiro atoms. The van der Waals surface area contributed by atoms with E-state index in [-0.39, 0.29) is 18.6 Å². The van der Waals surface area contributed by atoms with E-state index in [1.165, 1.54) is 43.0 Å². The molecule has 0 aliphatic heterocycles. The van der Waals surface area contributed by atoms with Crippen molar-refractivity contribution in [1.82, 2.24) is 21.3 Å². The number of hydrogen-bond donors (Lipinski definition) is 10. The van der Waals surface area contributed by atoms with E-state index < -0.39 is 84.8 Å². The van der Waals surface area contributed by atoms with Crippen molar-refractivity contribution in [3.05, 3.63) is 29.8 Å². The molecule has 0 saturated heterocycles. The number of nitrogens with two attached hydrogens (primary N) is 2. The zero-order valence-electron chi connectivity index (χ0n) is 23.1. The number of nitrogens with one attached hydrogen (secondary N) is 4. The fourth-order valence-corrected chi connectivity index (χ4v) is 4.01. The highest BCUT2D eigenvalue weighted by atomic mass is 32.2. The van der Waals surface area contributed by atoms with Crippen LogP contribution in [0.3, 0.4) is 0 Å². The molecule has 6 atom stereocenters. The number of aliphatic hydroxyl groups is 2. The molecule has 0 bridgehead atoms. The van der Waals surface area contributed by atoms with Crippen LogP contribution < -0.4 is 32.7 Å². The summed E-state index contributed by atoms with van der Waals surface area (Å²) in [4.78, 5) is 74.8. The molecule has 0 aromatic heterocycles. The lowest BCUT2D eigenvalue weighted by Gasteiger charge is -2.27. The largest absolute Gasteiger partial charge is 0.508 e. The molecule has 0 radical (unpaired) electrons. The highest BCUT2D eigenvalue weighted by molar-refractivity contribution is 7.98. The number of thioether (sulfide) groups is 1. The average molecular weight is 615 g/mol. The van der Waals surface area contributed by atoms with Crippen LogP contribution in [0.25, 0.3) is 0 Å².